The molecule has 0 saturated heterocycles. The highest BCUT2D eigenvalue weighted by Crippen LogP contribution is 2.36. The number of carbonyl (C=O) groups excluding carboxylic acids is 1. The highest BCUT2D eigenvalue weighted by Gasteiger charge is 2.17. The zero-order valence-corrected chi connectivity index (χ0v) is 17.3. The van der Waals surface area contributed by atoms with Gasteiger partial charge < -0.3 is 5.32 Å². The van der Waals surface area contributed by atoms with E-state index >= 15 is 0 Å². The molecular formula is C17H20N4OS3. The summed E-state index contributed by atoms with van der Waals surface area (Å²) < 4.78 is 0. The highest BCUT2D eigenvalue weighted by atomic mass is 32.2. The average Bonchev–Trinajstić information content (AvgIpc) is 3.08. The molecule has 1 N–H and O–H groups in total. The number of hydrogen-bond donors (Lipinski definition) is 1. The van der Waals surface area contributed by atoms with Crippen molar-refractivity contribution in [3.8, 4) is 0 Å². The summed E-state index contributed by atoms with van der Waals surface area (Å²) in [6.07, 6.45) is 0. The van der Waals surface area contributed by atoms with Crippen LogP contribution in [0.5, 0.6) is 0 Å². The third-order valence-electron chi connectivity index (χ3n) is 3.73. The molecule has 25 heavy (non-hydrogen) atoms. The van der Waals surface area contributed by atoms with E-state index in [1.165, 1.54) is 33.5 Å². The summed E-state index contributed by atoms with van der Waals surface area (Å²) in [7, 11) is 0. The standard InChI is InChI=1S/C17H20N4OS3/c1-8(2)14-20-15(13-10(4)11(5)25-16(13)21-14)23-7-12(22)19-17-18-9(3)6-24-17/h6,8H,7H2,1-5H3,(H,18,19,22). The van der Waals surface area contributed by atoms with E-state index in [-0.39, 0.29) is 11.8 Å². The molecule has 0 spiro atoms. The van der Waals surface area contributed by atoms with E-state index in [0.29, 0.717) is 10.9 Å². The molecule has 3 aromatic rings. The summed E-state index contributed by atoms with van der Waals surface area (Å²) >= 11 is 4.59. The lowest BCUT2D eigenvalue weighted by molar-refractivity contribution is -0.113. The maximum absolute atomic E-state index is 12.2. The number of thiophene rings is 1. The number of aromatic nitrogens is 3. The summed E-state index contributed by atoms with van der Waals surface area (Å²) in [4.78, 5) is 28.2. The second kappa shape index (κ2) is 7.39. The first-order valence-electron chi connectivity index (χ1n) is 7.97. The first-order valence-corrected chi connectivity index (χ1v) is 10.7. The molecule has 0 saturated carbocycles. The molecule has 0 aliphatic carbocycles. The van der Waals surface area contributed by atoms with Crippen LogP contribution >= 0.6 is 34.4 Å². The fraction of sp³-hybridized carbons (Fsp3) is 0.412. The van der Waals surface area contributed by atoms with Crippen molar-refractivity contribution in [1.82, 2.24) is 15.0 Å². The van der Waals surface area contributed by atoms with Gasteiger partial charge in [-0.2, -0.15) is 0 Å². The van der Waals surface area contributed by atoms with Crippen molar-refractivity contribution in [3.63, 3.8) is 0 Å². The fourth-order valence-electron chi connectivity index (χ4n) is 2.29. The van der Waals surface area contributed by atoms with Crippen molar-refractivity contribution in [3.05, 3.63) is 27.3 Å². The second-order valence-corrected chi connectivity index (χ2v) is 9.16. The van der Waals surface area contributed by atoms with Crippen LogP contribution in [0, 0.1) is 20.8 Å². The Morgan fingerprint density at radius 2 is 2.00 bits per heavy atom. The number of thioether (sulfide) groups is 1. The Kier molecular flexibility index (Phi) is 5.41. The van der Waals surface area contributed by atoms with Crippen LogP contribution in [-0.4, -0.2) is 26.6 Å². The van der Waals surface area contributed by atoms with Crippen molar-refractivity contribution in [1.29, 1.82) is 0 Å². The minimum absolute atomic E-state index is 0.0678. The number of anilines is 1. The molecule has 1 amide bonds. The number of amides is 1. The third kappa shape index (κ3) is 4.02. The predicted octanol–water partition coefficient (Wildman–Crippen LogP) is 4.93. The molecule has 3 rings (SSSR count). The molecular weight excluding hydrogens is 372 g/mol. The predicted molar refractivity (Wildman–Crippen MR) is 107 cm³/mol. The van der Waals surface area contributed by atoms with Crippen LogP contribution in [0.25, 0.3) is 10.2 Å². The first kappa shape index (κ1) is 18.3. The smallest absolute Gasteiger partial charge is 0.236 e. The van der Waals surface area contributed by atoms with Crippen LogP contribution in [0.4, 0.5) is 5.13 Å². The molecule has 0 aromatic carbocycles. The van der Waals surface area contributed by atoms with Crippen LogP contribution < -0.4 is 5.32 Å². The van der Waals surface area contributed by atoms with E-state index in [1.807, 2.05) is 12.3 Å². The molecule has 5 nitrogen and oxygen atoms in total. The van der Waals surface area contributed by atoms with Crippen molar-refractivity contribution in [2.24, 2.45) is 0 Å². The van der Waals surface area contributed by atoms with E-state index in [0.717, 1.165) is 26.8 Å². The van der Waals surface area contributed by atoms with Gasteiger partial charge in [-0.3, -0.25) is 4.79 Å². The van der Waals surface area contributed by atoms with Crippen molar-refractivity contribution in [2.75, 3.05) is 11.1 Å². The average molecular weight is 393 g/mol. The van der Waals surface area contributed by atoms with Gasteiger partial charge >= 0.3 is 0 Å². The SMILES string of the molecule is Cc1csc(NC(=O)CSc2nc(C(C)C)nc3sc(C)c(C)c23)n1. The Balaban J connectivity index is 1.83. The number of nitrogens with one attached hydrogen (secondary N) is 1. The van der Waals surface area contributed by atoms with Gasteiger partial charge in [0, 0.05) is 21.6 Å². The van der Waals surface area contributed by atoms with E-state index in [1.54, 1.807) is 11.3 Å². The maximum atomic E-state index is 12.2. The Labute approximate surface area is 159 Å². The van der Waals surface area contributed by atoms with Crippen molar-refractivity contribution in [2.45, 2.75) is 45.6 Å². The third-order valence-corrected chi connectivity index (χ3v) is 6.69. The molecule has 3 aromatic heterocycles. The monoisotopic (exact) mass is 392 g/mol. The van der Waals surface area contributed by atoms with Crippen LogP contribution in [0.15, 0.2) is 10.4 Å². The highest BCUT2D eigenvalue weighted by molar-refractivity contribution is 8.00. The summed E-state index contributed by atoms with van der Waals surface area (Å²) in [5, 5.41) is 7.37. The van der Waals surface area contributed by atoms with Gasteiger partial charge in [-0.25, -0.2) is 15.0 Å². The van der Waals surface area contributed by atoms with Gasteiger partial charge in [0.15, 0.2) is 5.13 Å². The van der Waals surface area contributed by atoms with E-state index in [4.69, 9.17) is 9.97 Å². The van der Waals surface area contributed by atoms with Gasteiger partial charge in [-0.15, -0.1) is 22.7 Å². The molecule has 0 aliphatic heterocycles. The van der Waals surface area contributed by atoms with Gasteiger partial charge in [0.05, 0.1) is 11.4 Å². The van der Waals surface area contributed by atoms with E-state index < -0.39 is 0 Å². The zero-order chi connectivity index (χ0) is 18.1. The van der Waals surface area contributed by atoms with Crippen LogP contribution in [0.3, 0.4) is 0 Å². The number of nitrogens with zero attached hydrogens (tertiary/aromatic N) is 3. The number of rotatable bonds is 5. The molecule has 132 valence electrons. The number of aryl methyl sites for hydroxylation is 3. The number of thiazole rings is 1. The molecule has 0 bridgehead atoms. The normalized spacial score (nSPS) is 11.4. The minimum Gasteiger partial charge on any atom is -0.301 e. The van der Waals surface area contributed by atoms with Crippen molar-refractivity contribution < 1.29 is 4.79 Å². The summed E-state index contributed by atoms with van der Waals surface area (Å²) in [5.74, 6) is 1.31. The molecule has 0 unspecified atom stereocenters. The molecule has 0 radical (unpaired) electrons. The fourth-order valence-corrected chi connectivity index (χ4v) is 4.99. The van der Waals surface area contributed by atoms with Crippen LogP contribution in [0.2, 0.25) is 0 Å². The molecule has 0 atom stereocenters. The topological polar surface area (TPSA) is 67.8 Å². The number of fused-ring (bicyclic) bond motifs is 1. The quantitative estimate of drug-likeness (QED) is 0.493. The van der Waals surface area contributed by atoms with Gasteiger partial charge in [-0.05, 0) is 26.3 Å². The molecule has 3 heterocycles. The molecule has 0 aliphatic rings. The zero-order valence-electron chi connectivity index (χ0n) is 14.8. The van der Waals surface area contributed by atoms with Crippen molar-refractivity contribution >= 4 is 55.7 Å². The lowest BCUT2D eigenvalue weighted by Crippen LogP contribution is -2.14. The van der Waals surface area contributed by atoms with Gasteiger partial charge in [0.25, 0.3) is 0 Å². The lowest BCUT2D eigenvalue weighted by atomic mass is 10.2. The lowest BCUT2D eigenvalue weighted by Gasteiger charge is -2.08. The maximum Gasteiger partial charge on any atom is 0.236 e. The summed E-state index contributed by atoms with van der Waals surface area (Å²) in [5.41, 5.74) is 2.12. The number of hydrogen-bond acceptors (Lipinski definition) is 7. The molecule has 0 fully saturated rings. The van der Waals surface area contributed by atoms with Gasteiger partial charge in [0.1, 0.15) is 15.7 Å². The minimum atomic E-state index is -0.0678. The number of carbonyl (C=O) groups is 1. The Bertz CT molecular complexity index is 930. The first-order chi connectivity index (χ1) is 11.8. The van der Waals surface area contributed by atoms with E-state index in [9.17, 15) is 4.79 Å². The summed E-state index contributed by atoms with van der Waals surface area (Å²) in [6, 6.07) is 0. The van der Waals surface area contributed by atoms with Crippen LogP contribution in [-0.2, 0) is 4.79 Å². The Morgan fingerprint density at radius 1 is 1.24 bits per heavy atom. The summed E-state index contributed by atoms with van der Waals surface area (Å²) in [6.45, 7) is 10.3. The molecule has 8 heteroatoms. The Morgan fingerprint density at radius 3 is 2.64 bits per heavy atom. The second-order valence-electron chi connectivity index (χ2n) is 6.14. The van der Waals surface area contributed by atoms with Crippen LogP contribution in [0.1, 0.15) is 41.7 Å². The van der Waals surface area contributed by atoms with Gasteiger partial charge in [-0.1, -0.05) is 25.6 Å². The largest absolute Gasteiger partial charge is 0.301 e. The Hall–Kier alpha value is -1.51. The van der Waals surface area contributed by atoms with Gasteiger partial charge in [0.2, 0.25) is 5.91 Å². The van der Waals surface area contributed by atoms with E-state index in [2.05, 4.69) is 38.0 Å².